The second-order valence-electron chi connectivity index (χ2n) is 4.70. The van der Waals surface area contributed by atoms with E-state index in [4.69, 9.17) is 4.74 Å². The normalized spacial score (nSPS) is 15.3. The second kappa shape index (κ2) is 5.58. The van der Waals surface area contributed by atoms with Crippen molar-refractivity contribution in [3.8, 4) is 5.75 Å². The molecule has 1 heterocycles. The molecule has 3 rings (SSSR count). The molecule has 1 aromatic carbocycles. The number of methoxy groups -OCH3 is 1. The summed E-state index contributed by atoms with van der Waals surface area (Å²) in [6.07, 6.45) is 3.80. The fourth-order valence-corrected chi connectivity index (χ4v) is 4.94. The van der Waals surface area contributed by atoms with Crippen molar-refractivity contribution >= 4 is 43.2 Å². The van der Waals surface area contributed by atoms with Crippen LogP contribution in [0.4, 0.5) is 0 Å². The van der Waals surface area contributed by atoms with Crippen molar-refractivity contribution in [1.82, 2.24) is 0 Å². The summed E-state index contributed by atoms with van der Waals surface area (Å²) in [6, 6.07) is 8.50. The Labute approximate surface area is 134 Å². The van der Waals surface area contributed by atoms with Crippen LogP contribution in [0.2, 0.25) is 0 Å². The Morgan fingerprint density at radius 2 is 2.11 bits per heavy atom. The molecule has 2 aromatic rings. The SMILES string of the molecule is COc1ccc(Br)cc1C(Br)c1cc2c(s1)CCC2. The van der Waals surface area contributed by atoms with Gasteiger partial charge in [0, 0.05) is 19.8 Å². The van der Waals surface area contributed by atoms with Crippen molar-refractivity contribution in [2.45, 2.75) is 24.1 Å². The average Bonchev–Trinajstić information content (AvgIpc) is 2.98. The number of hydrogen-bond acceptors (Lipinski definition) is 2. The van der Waals surface area contributed by atoms with Gasteiger partial charge in [-0.05, 0) is 49.1 Å². The van der Waals surface area contributed by atoms with Crippen molar-refractivity contribution in [3.63, 3.8) is 0 Å². The van der Waals surface area contributed by atoms with Gasteiger partial charge in [0.15, 0.2) is 0 Å². The molecule has 4 heteroatoms. The Kier molecular flexibility index (Phi) is 4.01. The average molecular weight is 402 g/mol. The number of benzene rings is 1. The Morgan fingerprint density at radius 1 is 1.26 bits per heavy atom. The van der Waals surface area contributed by atoms with Gasteiger partial charge in [-0.25, -0.2) is 0 Å². The standard InChI is InChI=1S/C15H14Br2OS/c1-18-12-6-5-10(16)8-11(12)15(17)14-7-9-3-2-4-13(9)19-14/h5-8,15H,2-4H2,1H3. The number of thiophene rings is 1. The molecule has 0 saturated heterocycles. The van der Waals surface area contributed by atoms with Gasteiger partial charge in [-0.15, -0.1) is 11.3 Å². The number of alkyl halides is 1. The third kappa shape index (κ3) is 2.63. The van der Waals surface area contributed by atoms with Gasteiger partial charge in [-0.2, -0.15) is 0 Å². The first-order valence-electron chi connectivity index (χ1n) is 6.28. The minimum Gasteiger partial charge on any atom is -0.496 e. The van der Waals surface area contributed by atoms with E-state index in [0.717, 1.165) is 10.2 Å². The van der Waals surface area contributed by atoms with Crippen molar-refractivity contribution in [2.75, 3.05) is 7.11 Å². The fourth-order valence-electron chi connectivity index (χ4n) is 2.53. The van der Waals surface area contributed by atoms with E-state index in [1.54, 1.807) is 17.6 Å². The lowest BCUT2D eigenvalue weighted by atomic mass is 10.1. The minimum absolute atomic E-state index is 0.204. The molecule has 0 radical (unpaired) electrons. The van der Waals surface area contributed by atoms with Crippen LogP contribution in [-0.4, -0.2) is 7.11 Å². The third-order valence-corrected chi connectivity index (χ3v) is 6.57. The summed E-state index contributed by atoms with van der Waals surface area (Å²) >= 11 is 9.30. The molecule has 0 spiro atoms. The maximum atomic E-state index is 5.47. The first-order valence-corrected chi connectivity index (χ1v) is 8.80. The lowest BCUT2D eigenvalue weighted by Crippen LogP contribution is -1.95. The van der Waals surface area contributed by atoms with Gasteiger partial charge < -0.3 is 4.74 Å². The van der Waals surface area contributed by atoms with Crippen LogP contribution in [0.3, 0.4) is 0 Å². The lowest BCUT2D eigenvalue weighted by molar-refractivity contribution is 0.410. The zero-order valence-corrected chi connectivity index (χ0v) is 14.6. The molecule has 0 bridgehead atoms. The molecule has 1 atom stereocenters. The molecule has 1 aromatic heterocycles. The van der Waals surface area contributed by atoms with Crippen LogP contribution in [0.5, 0.6) is 5.75 Å². The van der Waals surface area contributed by atoms with Crippen LogP contribution < -0.4 is 4.74 Å². The third-order valence-electron chi connectivity index (χ3n) is 3.48. The Bertz CT molecular complexity index is 585. The summed E-state index contributed by atoms with van der Waals surface area (Å²) in [5.74, 6) is 0.929. The predicted molar refractivity (Wildman–Crippen MR) is 87.8 cm³/mol. The van der Waals surface area contributed by atoms with E-state index in [1.165, 1.54) is 29.7 Å². The van der Waals surface area contributed by atoms with E-state index in [-0.39, 0.29) is 4.83 Å². The zero-order valence-electron chi connectivity index (χ0n) is 10.6. The van der Waals surface area contributed by atoms with Crippen molar-refractivity contribution in [2.24, 2.45) is 0 Å². The molecule has 1 aliphatic carbocycles. The van der Waals surface area contributed by atoms with Crippen LogP contribution in [-0.2, 0) is 12.8 Å². The van der Waals surface area contributed by atoms with E-state index in [2.05, 4.69) is 44.0 Å². The fraction of sp³-hybridized carbons (Fsp3) is 0.333. The zero-order chi connectivity index (χ0) is 13.4. The molecule has 0 fully saturated rings. The number of ether oxygens (including phenoxy) is 1. The Balaban J connectivity index is 1.98. The molecule has 1 unspecified atom stereocenters. The lowest BCUT2D eigenvalue weighted by Gasteiger charge is -2.13. The second-order valence-corrected chi connectivity index (χ2v) is 7.70. The topological polar surface area (TPSA) is 9.23 Å². The van der Waals surface area contributed by atoms with E-state index in [1.807, 2.05) is 23.5 Å². The molecule has 19 heavy (non-hydrogen) atoms. The molecule has 100 valence electrons. The number of halogens is 2. The molecule has 1 nitrogen and oxygen atoms in total. The minimum atomic E-state index is 0.204. The summed E-state index contributed by atoms with van der Waals surface area (Å²) in [6.45, 7) is 0. The van der Waals surface area contributed by atoms with Gasteiger partial charge >= 0.3 is 0 Å². The van der Waals surface area contributed by atoms with E-state index < -0.39 is 0 Å². The number of fused-ring (bicyclic) bond motifs is 1. The number of aryl methyl sites for hydroxylation is 2. The highest BCUT2D eigenvalue weighted by molar-refractivity contribution is 9.10. The molecule has 0 saturated carbocycles. The molecule has 0 N–H and O–H groups in total. The molecule has 0 aliphatic heterocycles. The Morgan fingerprint density at radius 3 is 2.84 bits per heavy atom. The van der Waals surface area contributed by atoms with Crippen LogP contribution in [0, 0.1) is 0 Å². The smallest absolute Gasteiger partial charge is 0.123 e. The number of rotatable bonds is 3. The highest BCUT2D eigenvalue weighted by Crippen LogP contribution is 2.43. The predicted octanol–water partition coefficient (Wildman–Crippen LogP) is 5.49. The summed E-state index contributed by atoms with van der Waals surface area (Å²) in [4.78, 5) is 3.14. The summed E-state index contributed by atoms with van der Waals surface area (Å²) in [7, 11) is 1.72. The van der Waals surface area contributed by atoms with Gasteiger partial charge in [0.05, 0.1) is 11.9 Å². The highest BCUT2D eigenvalue weighted by atomic mass is 79.9. The molecule has 1 aliphatic rings. The first-order chi connectivity index (χ1) is 9.19. The maximum absolute atomic E-state index is 5.47. The summed E-state index contributed by atoms with van der Waals surface area (Å²) < 4.78 is 6.55. The van der Waals surface area contributed by atoms with Crippen LogP contribution >= 0.6 is 43.2 Å². The maximum Gasteiger partial charge on any atom is 0.123 e. The van der Waals surface area contributed by atoms with Crippen LogP contribution in [0.1, 0.15) is 32.1 Å². The van der Waals surface area contributed by atoms with E-state index in [0.29, 0.717) is 0 Å². The van der Waals surface area contributed by atoms with Crippen molar-refractivity contribution in [3.05, 3.63) is 49.6 Å². The molecular formula is C15H14Br2OS. The quantitative estimate of drug-likeness (QED) is 0.617. The largest absolute Gasteiger partial charge is 0.496 e. The highest BCUT2D eigenvalue weighted by Gasteiger charge is 2.22. The molecular weight excluding hydrogens is 388 g/mol. The van der Waals surface area contributed by atoms with Gasteiger partial charge in [0.1, 0.15) is 5.75 Å². The van der Waals surface area contributed by atoms with Crippen LogP contribution in [0.25, 0.3) is 0 Å². The van der Waals surface area contributed by atoms with E-state index in [9.17, 15) is 0 Å². The van der Waals surface area contributed by atoms with Gasteiger partial charge in [-0.3, -0.25) is 0 Å². The van der Waals surface area contributed by atoms with Crippen LogP contribution in [0.15, 0.2) is 28.7 Å². The van der Waals surface area contributed by atoms with Gasteiger partial charge in [0.2, 0.25) is 0 Å². The van der Waals surface area contributed by atoms with Crippen molar-refractivity contribution in [1.29, 1.82) is 0 Å². The first kappa shape index (κ1) is 13.7. The number of hydrogen-bond donors (Lipinski definition) is 0. The molecule has 0 amide bonds. The van der Waals surface area contributed by atoms with Gasteiger partial charge in [0.25, 0.3) is 0 Å². The van der Waals surface area contributed by atoms with Crippen molar-refractivity contribution < 1.29 is 4.74 Å². The Hall–Kier alpha value is -0.320. The monoisotopic (exact) mass is 400 g/mol. The van der Waals surface area contributed by atoms with E-state index >= 15 is 0 Å². The van der Waals surface area contributed by atoms with Gasteiger partial charge in [-0.1, -0.05) is 31.9 Å². The summed E-state index contributed by atoms with van der Waals surface area (Å²) in [5.41, 5.74) is 2.72. The summed E-state index contributed by atoms with van der Waals surface area (Å²) in [5, 5.41) is 0.